The predicted molar refractivity (Wildman–Crippen MR) is 229 cm³/mol. The zero-order valence-corrected chi connectivity index (χ0v) is 41.1. The van der Waals surface area contributed by atoms with Crippen molar-refractivity contribution in [3.63, 3.8) is 0 Å². The van der Waals surface area contributed by atoms with Crippen molar-refractivity contribution in [1.29, 1.82) is 0 Å². The molecule has 5 aliphatic rings. The van der Waals surface area contributed by atoms with Gasteiger partial charge >= 0.3 is 19.5 Å². The Bertz CT molecular complexity index is 2730. The van der Waals surface area contributed by atoms with Gasteiger partial charge in [0.2, 0.25) is 0 Å². The predicted octanol–water partition coefficient (Wildman–Crippen LogP) is -8.90. The topological polar surface area (TPSA) is 147 Å². The second-order valence-corrected chi connectivity index (χ2v) is 14.6. The standard InChI is InChI=1S/C48H44N8O4.4ClH.Zn/c57-29-25-53-17-9-33(10-18-53)45-37-1-2-38(49-37)46(34-11-19-54(20-12-34)26-30-58)40-5-6-42(51-40)48(36-15-23-56(24-16-36)28-32-60)44-8-7-43(52-44)47(41-4-3-39(45)50-41)35-13-21-55(22-14-35)27-31-59;;;;;/h1-24,57-60H,25-32H2;4*1H;/q+2;;;;;+2/p-4. The summed E-state index contributed by atoms with van der Waals surface area (Å²) in [6.45, 7) is 2.03. The smallest absolute Gasteiger partial charge is 1.00 e. The van der Waals surface area contributed by atoms with Gasteiger partial charge in [-0.3, -0.25) is 0 Å². The molecule has 0 aliphatic carbocycles. The van der Waals surface area contributed by atoms with E-state index in [-0.39, 0.29) is 95.5 Å². The zero-order valence-electron chi connectivity index (χ0n) is 35.1. The molecule has 9 rings (SSSR count). The molecule has 0 saturated carbocycles. The molecule has 0 amide bonds. The molecule has 0 saturated heterocycles. The molecule has 0 spiro atoms. The van der Waals surface area contributed by atoms with Crippen molar-refractivity contribution in [3.8, 4) is 0 Å². The van der Waals surface area contributed by atoms with Gasteiger partial charge in [0, 0.05) is 66.5 Å². The number of rotatable bonds is 11. The molecule has 9 heterocycles. The average Bonchev–Trinajstić information content (AvgIpc) is 4.12. The molecule has 4 aromatic heterocycles. The van der Waals surface area contributed by atoms with Crippen LogP contribution in [-0.4, -0.2) is 75.4 Å². The number of aliphatic hydroxyl groups is 4. The molecule has 12 nitrogen and oxygen atoms in total. The van der Waals surface area contributed by atoms with E-state index in [1.165, 1.54) is 0 Å². The maximum Gasteiger partial charge on any atom is 2.00 e. The van der Waals surface area contributed by atoms with Crippen LogP contribution in [0.3, 0.4) is 0 Å². The maximum atomic E-state index is 9.62. The Labute approximate surface area is 415 Å². The van der Waals surface area contributed by atoms with Crippen molar-refractivity contribution < 1.29 is 103 Å². The fraction of sp³-hybridized carbons (Fsp3) is 0.167. The maximum absolute atomic E-state index is 9.62. The number of β-amino-alcohol motifs (C(OH)–C–C–N with tert-alkyl or cyclic N) is 1. The van der Waals surface area contributed by atoms with E-state index in [2.05, 4.69) is 0 Å². The average molecular weight is 1000 g/mol. The summed E-state index contributed by atoms with van der Waals surface area (Å²) in [6.07, 6.45) is 31.8. The second kappa shape index (κ2) is 23.8. The van der Waals surface area contributed by atoms with E-state index in [1.807, 2.05) is 165 Å². The first-order valence-corrected chi connectivity index (χ1v) is 20.0. The Balaban J connectivity index is 0.00000185. The van der Waals surface area contributed by atoms with Crippen LogP contribution in [0.5, 0.6) is 0 Å². The van der Waals surface area contributed by atoms with Gasteiger partial charge in [-0.1, -0.05) is 12.1 Å². The first-order chi connectivity index (χ1) is 29.5. The summed E-state index contributed by atoms with van der Waals surface area (Å²) in [6, 6.07) is 16.2. The molecule has 0 fully saturated rings. The molecule has 330 valence electrons. The van der Waals surface area contributed by atoms with Gasteiger partial charge in [-0.15, -0.1) is 11.4 Å². The largest absolute Gasteiger partial charge is 2.00 e. The Morgan fingerprint density at radius 1 is 0.431 bits per heavy atom. The van der Waals surface area contributed by atoms with Crippen molar-refractivity contribution in [2.45, 2.75) is 19.6 Å². The quantitative estimate of drug-likeness (QED) is 0.0869. The van der Waals surface area contributed by atoms with E-state index >= 15 is 0 Å². The molecule has 8 bridgehead atoms. The number of pyridine rings is 3. The Morgan fingerprint density at radius 3 is 1.15 bits per heavy atom. The zero-order chi connectivity index (χ0) is 41.0. The molecule has 17 heteroatoms. The number of fused-ring (bicyclic) bond motifs is 5. The van der Waals surface area contributed by atoms with Crippen LogP contribution in [-0.2, 0) is 39.1 Å². The van der Waals surface area contributed by atoms with Gasteiger partial charge in [0.05, 0.1) is 40.8 Å². The van der Waals surface area contributed by atoms with E-state index < -0.39 is 0 Å². The summed E-state index contributed by atoms with van der Waals surface area (Å²) >= 11 is 0. The van der Waals surface area contributed by atoms with Crippen LogP contribution in [0.2, 0.25) is 0 Å². The van der Waals surface area contributed by atoms with E-state index in [0.717, 1.165) is 90.2 Å². The van der Waals surface area contributed by atoms with Gasteiger partial charge in [0.1, 0.15) is 19.8 Å². The van der Waals surface area contributed by atoms with Crippen molar-refractivity contribution in [3.05, 3.63) is 203 Å². The Morgan fingerprint density at radius 2 is 0.785 bits per heavy atom. The molecule has 4 N–H and O–H groups in total. The van der Waals surface area contributed by atoms with Gasteiger partial charge in [0.15, 0.2) is 56.8 Å². The van der Waals surface area contributed by atoms with Crippen molar-refractivity contribution in [1.82, 2.24) is 9.88 Å². The van der Waals surface area contributed by atoms with Crippen LogP contribution in [0.15, 0.2) is 190 Å². The fourth-order valence-electron chi connectivity index (χ4n) is 7.82. The van der Waals surface area contributed by atoms with Gasteiger partial charge < -0.3 is 79.9 Å². The summed E-state index contributed by atoms with van der Waals surface area (Å²) in [5, 5.41) is 38.5. The second-order valence-electron chi connectivity index (χ2n) is 14.6. The minimum atomic E-state index is 0. The first kappa shape index (κ1) is 52.4. The molecule has 65 heavy (non-hydrogen) atoms. The van der Waals surface area contributed by atoms with Crippen molar-refractivity contribution in [2.75, 3.05) is 33.0 Å². The summed E-state index contributed by atoms with van der Waals surface area (Å²) in [5.41, 5.74) is 13.0. The van der Waals surface area contributed by atoms with Crippen LogP contribution in [0.1, 0.15) is 28.1 Å². The van der Waals surface area contributed by atoms with Crippen LogP contribution in [0.25, 0.3) is 16.7 Å². The van der Waals surface area contributed by atoms with Gasteiger partial charge in [-0.05, 0) is 82.0 Å². The van der Waals surface area contributed by atoms with Crippen molar-refractivity contribution >= 4 is 33.9 Å². The summed E-state index contributed by atoms with van der Waals surface area (Å²) in [5.74, 6) is 0. The molecule has 5 aliphatic heterocycles. The van der Waals surface area contributed by atoms with Crippen LogP contribution in [0, 0.1) is 0 Å². The summed E-state index contributed by atoms with van der Waals surface area (Å²) in [7, 11) is 0. The number of aromatic nitrogens is 4. The van der Waals surface area contributed by atoms with Crippen LogP contribution >= 0.6 is 0 Å². The van der Waals surface area contributed by atoms with E-state index in [9.17, 15) is 20.4 Å². The monoisotopic (exact) mass is 1000 g/mol. The van der Waals surface area contributed by atoms with E-state index in [0.29, 0.717) is 26.2 Å². The third kappa shape index (κ3) is 11.1. The molecule has 4 aromatic rings. The minimum absolute atomic E-state index is 0. The van der Waals surface area contributed by atoms with Crippen molar-refractivity contribution in [2.24, 2.45) is 15.0 Å². The first-order valence-electron chi connectivity index (χ1n) is 20.0. The number of allylic oxidation sites excluding steroid dienone is 11. The molecule has 0 unspecified atom stereocenters. The normalized spacial score (nSPS) is 15.6. The molecular weight excluding hydrogens is 960 g/mol. The number of halogens is 4. The van der Waals surface area contributed by atoms with Gasteiger partial charge in [0.25, 0.3) is 0 Å². The van der Waals surface area contributed by atoms with E-state index in [4.69, 9.17) is 20.0 Å². The molecule has 0 aromatic carbocycles. The Hall–Kier alpha value is -5.18. The Kier molecular flexibility index (Phi) is 19.2. The van der Waals surface area contributed by atoms with Crippen LogP contribution < -0.4 is 68.3 Å². The van der Waals surface area contributed by atoms with Gasteiger partial charge in [-0.25, -0.2) is 28.7 Å². The summed E-state index contributed by atoms with van der Waals surface area (Å²) < 4.78 is 5.81. The number of aliphatic imine (C=N–C) groups is 3. The number of hydrogen-bond acceptors (Lipinski definition) is 8. The molecule has 0 radical (unpaired) electrons. The third-order valence-electron chi connectivity index (χ3n) is 10.8. The SMILES string of the molecule is OCCN1C=CC(=C2C3=NC(=C(c4cc[n+](CCO)cc4)C4=NC(=C(c5cc[n+](CCO)cc5)c5ccc([n-]5)C(c5cc[n+](CCO)cc5)=C5C=CC2=N5)C=C4)C=C3)C=C1.[Cl-].[Cl-].[Cl-].[Cl-].[Zn+2]. The van der Waals surface area contributed by atoms with Crippen LogP contribution in [0.4, 0.5) is 0 Å². The number of hydrogen-bond donors (Lipinski definition) is 4. The summed E-state index contributed by atoms with van der Waals surface area (Å²) in [4.78, 5) is 23.3. The molecule has 0 atom stereocenters. The third-order valence-corrected chi connectivity index (χ3v) is 10.8. The minimum Gasteiger partial charge on any atom is -1.00 e. The van der Waals surface area contributed by atoms with Gasteiger partial charge in [-0.2, -0.15) is 0 Å². The fourth-order valence-corrected chi connectivity index (χ4v) is 7.82. The number of aliphatic hydroxyl groups excluding tert-OH is 4. The number of nitrogens with zero attached hydrogens (tertiary/aromatic N) is 8. The van der Waals surface area contributed by atoms with E-state index in [1.54, 1.807) is 0 Å². The molecular formula is C48H44Cl4N8O4Zn.